The summed E-state index contributed by atoms with van der Waals surface area (Å²) in [4.78, 5) is 4.95. The summed E-state index contributed by atoms with van der Waals surface area (Å²) in [7, 11) is -3.63. The second-order valence-corrected chi connectivity index (χ2v) is 12.5. The molecule has 0 unspecified atom stereocenters. The van der Waals surface area contributed by atoms with Gasteiger partial charge in [-0.15, -0.1) is 0 Å². The number of fused-ring (bicyclic) bond motifs is 1. The van der Waals surface area contributed by atoms with Gasteiger partial charge >= 0.3 is 0 Å². The first-order valence-electron chi connectivity index (χ1n) is 12.0. The Hall–Kier alpha value is -2.04. The molecule has 2 fully saturated rings. The summed E-state index contributed by atoms with van der Waals surface area (Å²) in [5.74, 6) is -2.71. The second kappa shape index (κ2) is 9.78. The molecule has 1 atom stereocenters. The van der Waals surface area contributed by atoms with Gasteiger partial charge in [0.05, 0.1) is 15.9 Å². The number of imidazole rings is 1. The molecule has 0 amide bonds. The van der Waals surface area contributed by atoms with Gasteiger partial charge in [-0.1, -0.05) is 31.5 Å². The summed E-state index contributed by atoms with van der Waals surface area (Å²) in [6.45, 7) is 3.09. The average Bonchev–Trinajstić information content (AvgIpc) is 3.47. The molecule has 1 saturated heterocycles. The molecule has 10 heteroatoms. The molecule has 0 radical (unpaired) electrons. The van der Waals surface area contributed by atoms with E-state index in [9.17, 15) is 21.6 Å². The van der Waals surface area contributed by atoms with Crippen LogP contribution in [0.3, 0.4) is 0 Å². The van der Waals surface area contributed by atoms with Gasteiger partial charge in [0.2, 0.25) is 10.0 Å². The Kier molecular flexibility index (Phi) is 6.89. The highest BCUT2D eigenvalue weighted by molar-refractivity contribution is 7.98. The molecule has 5 nitrogen and oxygen atoms in total. The smallest absolute Gasteiger partial charge is 0.243 e. The van der Waals surface area contributed by atoms with Crippen molar-refractivity contribution in [3.05, 3.63) is 53.3 Å². The number of rotatable bonds is 6. The average molecular weight is 524 g/mol. The number of piperidine rings is 1. The van der Waals surface area contributed by atoms with E-state index in [2.05, 4.69) is 11.5 Å². The van der Waals surface area contributed by atoms with Gasteiger partial charge in [0, 0.05) is 36.5 Å². The molecule has 0 bridgehead atoms. The second-order valence-electron chi connectivity index (χ2n) is 9.61. The van der Waals surface area contributed by atoms with Crippen molar-refractivity contribution in [2.24, 2.45) is 5.92 Å². The Morgan fingerprint density at radius 2 is 1.74 bits per heavy atom. The number of nitrogens with zero attached hydrogens (tertiary/aromatic N) is 3. The Bertz CT molecular complexity index is 1350. The molecule has 2 aromatic carbocycles. The maximum absolute atomic E-state index is 14.2. The van der Waals surface area contributed by atoms with Gasteiger partial charge in [0.25, 0.3) is 0 Å². The first kappa shape index (κ1) is 24.6. The summed E-state index contributed by atoms with van der Waals surface area (Å²) >= 11 is 1.25. The van der Waals surface area contributed by atoms with Crippen LogP contribution in [0, 0.1) is 23.4 Å². The Morgan fingerprint density at radius 1 is 1.00 bits per heavy atom. The van der Waals surface area contributed by atoms with E-state index in [1.54, 1.807) is 16.4 Å². The molecular formula is C25H28F3N3O2S2. The van der Waals surface area contributed by atoms with E-state index in [1.807, 2.05) is 6.07 Å². The van der Waals surface area contributed by atoms with Crippen LogP contribution in [-0.4, -0.2) is 35.4 Å². The summed E-state index contributed by atoms with van der Waals surface area (Å²) < 4.78 is 71.5. The highest BCUT2D eigenvalue weighted by Gasteiger charge is 2.30. The van der Waals surface area contributed by atoms with Gasteiger partial charge in [-0.05, 0) is 55.9 Å². The fourth-order valence-corrected chi connectivity index (χ4v) is 7.84. The van der Waals surface area contributed by atoms with Gasteiger partial charge in [-0.2, -0.15) is 4.31 Å². The predicted octanol–water partition coefficient (Wildman–Crippen LogP) is 6.28. The molecular weight excluding hydrogens is 495 g/mol. The largest absolute Gasteiger partial charge is 0.316 e. The van der Waals surface area contributed by atoms with Crippen molar-refractivity contribution >= 4 is 32.8 Å². The van der Waals surface area contributed by atoms with Crippen molar-refractivity contribution in [2.45, 2.75) is 67.3 Å². The van der Waals surface area contributed by atoms with Gasteiger partial charge in [-0.3, -0.25) is 0 Å². The SMILES string of the molecule is C[C@@H]1CCCN(S(=O)(=O)c2ccc3c(c2)nc(SCc2cc(F)c(F)cc2F)n3C2CCCC2)C1. The van der Waals surface area contributed by atoms with Crippen LogP contribution in [-0.2, 0) is 15.8 Å². The van der Waals surface area contributed by atoms with Crippen molar-refractivity contribution in [3.63, 3.8) is 0 Å². The molecule has 1 saturated carbocycles. The van der Waals surface area contributed by atoms with Gasteiger partial charge in [0.1, 0.15) is 5.82 Å². The van der Waals surface area contributed by atoms with Gasteiger partial charge in [-0.25, -0.2) is 26.6 Å². The zero-order chi connectivity index (χ0) is 24.7. The Morgan fingerprint density at radius 3 is 2.49 bits per heavy atom. The lowest BCUT2D eigenvalue weighted by Gasteiger charge is -2.30. The quantitative estimate of drug-likeness (QED) is 0.282. The molecule has 0 N–H and O–H groups in total. The number of sulfonamides is 1. The van der Waals surface area contributed by atoms with E-state index in [1.165, 1.54) is 11.8 Å². The van der Waals surface area contributed by atoms with Crippen LogP contribution in [0.25, 0.3) is 11.0 Å². The fraction of sp³-hybridized carbons (Fsp3) is 0.480. The van der Waals surface area contributed by atoms with Crippen LogP contribution in [0.5, 0.6) is 0 Å². The molecule has 1 aliphatic heterocycles. The number of benzene rings is 2. The third kappa shape index (κ3) is 4.84. The van der Waals surface area contributed by atoms with Gasteiger partial charge < -0.3 is 4.57 Å². The maximum atomic E-state index is 14.2. The van der Waals surface area contributed by atoms with Crippen molar-refractivity contribution in [2.75, 3.05) is 13.1 Å². The topological polar surface area (TPSA) is 55.2 Å². The third-order valence-corrected chi connectivity index (χ3v) is 9.88. The zero-order valence-electron chi connectivity index (χ0n) is 19.5. The normalized spacial score (nSPS) is 20.2. The molecule has 1 aliphatic carbocycles. The molecule has 5 rings (SSSR count). The lowest BCUT2D eigenvalue weighted by Crippen LogP contribution is -2.39. The van der Waals surface area contributed by atoms with Crippen LogP contribution >= 0.6 is 11.8 Å². The zero-order valence-corrected chi connectivity index (χ0v) is 21.1. The van der Waals surface area contributed by atoms with Crippen molar-refractivity contribution in [3.8, 4) is 0 Å². The minimum atomic E-state index is -3.63. The predicted molar refractivity (Wildman–Crippen MR) is 130 cm³/mol. The summed E-state index contributed by atoms with van der Waals surface area (Å²) in [6.07, 6.45) is 6.00. The highest BCUT2D eigenvalue weighted by Crippen LogP contribution is 2.38. The molecule has 1 aromatic heterocycles. The van der Waals surface area contributed by atoms with E-state index >= 15 is 0 Å². The monoisotopic (exact) mass is 523 g/mol. The highest BCUT2D eigenvalue weighted by atomic mass is 32.2. The standard InChI is InChI=1S/C25H28F3N3O2S2/c1-16-5-4-10-30(14-16)35(32,33)19-8-9-24-23(12-19)29-25(31(24)18-6-2-3-7-18)34-15-17-11-21(27)22(28)13-20(17)26/h8-9,11-13,16,18H,2-7,10,14-15H2,1H3/t16-/m1/s1. The summed E-state index contributed by atoms with van der Waals surface area (Å²) in [6, 6.07) is 6.73. The first-order chi connectivity index (χ1) is 16.7. The van der Waals surface area contributed by atoms with E-state index in [4.69, 9.17) is 4.98 Å². The molecule has 3 aromatic rings. The van der Waals surface area contributed by atoms with E-state index in [0.717, 1.165) is 50.1 Å². The lowest BCUT2D eigenvalue weighted by atomic mass is 10.0. The molecule has 0 spiro atoms. The van der Waals surface area contributed by atoms with Crippen LogP contribution in [0.15, 0.2) is 40.4 Å². The van der Waals surface area contributed by atoms with Crippen molar-refractivity contribution < 1.29 is 21.6 Å². The van der Waals surface area contributed by atoms with Crippen LogP contribution in [0.4, 0.5) is 13.2 Å². The van der Waals surface area contributed by atoms with Crippen molar-refractivity contribution in [1.29, 1.82) is 0 Å². The minimum Gasteiger partial charge on any atom is -0.316 e. The fourth-order valence-electron chi connectivity index (χ4n) is 5.16. The Labute approximate surface area is 207 Å². The summed E-state index contributed by atoms with van der Waals surface area (Å²) in [5, 5.41) is 0.622. The van der Waals surface area contributed by atoms with Crippen molar-refractivity contribution in [1.82, 2.24) is 13.9 Å². The van der Waals surface area contributed by atoms with E-state index in [-0.39, 0.29) is 22.3 Å². The maximum Gasteiger partial charge on any atom is 0.243 e. The Balaban J connectivity index is 1.50. The molecule has 2 heterocycles. The van der Waals surface area contributed by atoms with Gasteiger partial charge in [0.15, 0.2) is 16.8 Å². The van der Waals surface area contributed by atoms with Crippen LogP contribution in [0.1, 0.15) is 57.1 Å². The number of hydrogen-bond donors (Lipinski definition) is 0. The minimum absolute atomic E-state index is 0.0569. The third-order valence-electron chi connectivity index (χ3n) is 7.02. The molecule has 35 heavy (non-hydrogen) atoms. The van der Waals surface area contributed by atoms with E-state index in [0.29, 0.717) is 35.7 Å². The summed E-state index contributed by atoms with van der Waals surface area (Å²) in [5.41, 5.74) is 1.45. The van der Waals surface area contributed by atoms with E-state index < -0.39 is 27.5 Å². The van der Waals surface area contributed by atoms with Crippen LogP contribution < -0.4 is 0 Å². The molecule has 188 valence electrons. The number of hydrogen-bond acceptors (Lipinski definition) is 4. The number of aromatic nitrogens is 2. The first-order valence-corrected chi connectivity index (χ1v) is 14.4. The molecule has 2 aliphatic rings. The van der Waals surface area contributed by atoms with Crippen LogP contribution in [0.2, 0.25) is 0 Å². The number of thioether (sulfide) groups is 1. The lowest BCUT2D eigenvalue weighted by molar-refractivity contribution is 0.281. The number of halogens is 3.